The van der Waals surface area contributed by atoms with Crippen LogP contribution in [0.3, 0.4) is 0 Å². The molecule has 2 N–H and O–H groups in total. The summed E-state index contributed by atoms with van der Waals surface area (Å²) in [5.41, 5.74) is 0.870. The zero-order valence-corrected chi connectivity index (χ0v) is 12.3. The molecule has 2 rings (SSSR count). The second-order valence-corrected chi connectivity index (χ2v) is 5.12. The van der Waals surface area contributed by atoms with Crippen LogP contribution in [0.25, 0.3) is 5.69 Å². The number of amides is 1. The highest BCUT2D eigenvalue weighted by Crippen LogP contribution is 2.10. The summed E-state index contributed by atoms with van der Waals surface area (Å²) in [5.74, 6) is 1.00. The Labute approximate surface area is 123 Å². The van der Waals surface area contributed by atoms with Gasteiger partial charge in [0.15, 0.2) is 0 Å². The molecular weight excluding hydrogens is 268 g/mol. The molecule has 0 saturated carbocycles. The van der Waals surface area contributed by atoms with Crippen LogP contribution in [-0.4, -0.2) is 39.2 Å². The van der Waals surface area contributed by atoms with Crippen molar-refractivity contribution in [2.24, 2.45) is 5.92 Å². The van der Waals surface area contributed by atoms with Gasteiger partial charge in [0.05, 0.1) is 5.69 Å². The summed E-state index contributed by atoms with van der Waals surface area (Å²) < 4.78 is 1.60. The maximum absolute atomic E-state index is 11.6. The van der Waals surface area contributed by atoms with Crippen LogP contribution in [0.15, 0.2) is 30.3 Å². The molecule has 21 heavy (non-hydrogen) atoms. The third kappa shape index (κ3) is 4.55. The summed E-state index contributed by atoms with van der Waals surface area (Å²) in [6.45, 7) is 5.30. The van der Waals surface area contributed by atoms with Crippen molar-refractivity contribution in [3.05, 3.63) is 30.3 Å². The van der Waals surface area contributed by atoms with Crippen molar-refractivity contribution in [2.45, 2.75) is 20.3 Å². The summed E-state index contributed by atoms with van der Waals surface area (Å²) in [4.78, 5) is 11.6. The lowest BCUT2D eigenvalue weighted by Crippen LogP contribution is -2.28. The minimum Gasteiger partial charge on any atom is -0.356 e. The van der Waals surface area contributed by atoms with E-state index >= 15 is 0 Å². The number of nitrogens with one attached hydrogen (secondary N) is 2. The Balaban J connectivity index is 1.85. The molecule has 2 aromatic rings. The molecule has 112 valence electrons. The predicted octanol–water partition coefficient (Wildman–Crippen LogP) is 1.24. The van der Waals surface area contributed by atoms with Gasteiger partial charge in [0.25, 0.3) is 0 Å². The molecule has 1 heterocycles. The van der Waals surface area contributed by atoms with E-state index in [2.05, 4.69) is 40.0 Å². The summed E-state index contributed by atoms with van der Waals surface area (Å²) in [5, 5.41) is 17.5. The number of tetrazole rings is 1. The van der Waals surface area contributed by atoms with Gasteiger partial charge in [0, 0.05) is 19.5 Å². The lowest BCUT2D eigenvalue weighted by Gasteiger charge is -2.09. The molecule has 0 fully saturated rings. The van der Waals surface area contributed by atoms with E-state index in [1.54, 1.807) is 4.68 Å². The molecule has 0 atom stereocenters. The Hall–Kier alpha value is -2.44. The van der Waals surface area contributed by atoms with Crippen molar-refractivity contribution in [2.75, 3.05) is 18.4 Å². The molecule has 0 aliphatic heterocycles. The second kappa shape index (κ2) is 7.37. The number of nitrogens with zero attached hydrogens (tertiary/aromatic N) is 4. The van der Waals surface area contributed by atoms with Crippen LogP contribution in [0.5, 0.6) is 0 Å². The number of anilines is 1. The van der Waals surface area contributed by atoms with Gasteiger partial charge in [-0.15, -0.1) is 0 Å². The highest BCUT2D eigenvalue weighted by atomic mass is 16.1. The molecule has 1 aromatic heterocycles. The molecule has 0 spiro atoms. The van der Waals surface area contributed by atoms with E-state index in [0.717, 1.165) is 5.69 Å². The van der Waals surface area contributed by atoms with Gasteiger partial charge in [0.2, 0.25) is 11.9 Å². The third-order valence-corrected chi connectivity index (χ3v) is 2.81. The van der Waals surface area contributed by atoms with Crippen LogP contribution < -0.4 is 10.6 Å². The summed E-state index contributed by atoms with van der Waals surface area (Å²) >= 11 is 0. The zero-order valence-electron chi connectivity index (χ0n) is 12.3. The van der Waals surface area contributed by atoms with Crippen molar-refractivity contribution in [3.63, 3.8) is 0 Å². The number of aromatic nitrogens is 4. The van der Waals surface area contributed by atoms with E-state index in [0.29, 0.717) is 31.4 Å². The SMILES string of the molecule is CC(C)CNC(=O)CCNc1nnnn1-c1ccccc1. The second-order valence-electron chi connectivity index (χ2n) is 5.12. The number of hydrogen-bond donors (Lipinski definition) is 2. The number of para-hydroxylation sites is 1. The van der Waals surface area contributed by atoms with Crippen molar-refractivity contribution < 1.29 is 4.79 Å². The Morgan fingerprint density at radius 1 is 1.29 bits per heavy atom. The normalized spacial score (nSPS) is 10.6. The van der Waals surface area contributed by atoms with Crippen molar-refractivity contribution in [1.82, 2.24) is 25.5 Å². The monoisotopic (exact) mass is 288 g/mol. The molecule has 0 saturated heterocycles. The van der Waals surface area contributed by atoms with Crippen molar-refractivity contribution in [3.8, 4) is 5.69 Å². The molecule has 0 aliphatic carbocycles. The fourth-order valence-electron chi connectivity index (χ4n) is 1.73. The molecule has 0 bridgehead atoms. The molecule has 1 aromatic carbocycles. The van der Waals surface area contributed by atoms with Gasteiger partial charge in [0.1, 0.15) is 0 Å². The first-order valence-corrected chi connectivity index (χ1v) is 7.01. The molecule has 7 nitrogen and oxygen atoms in total. The van der Waals surface area contributed by atoms with Gasteiger partial charge in [-0.05, 0) is 28.5 Å². The first-order valence-electron chi connectivity index (χ1n) is 7.01. The van der Waals surface area contributed by atoms with Crippen LogP contribution in [-0.2, 0) is 4.79 Å². The minimum atomic E-state index is 0.0231. The Kier molecular flexibility index (Phi) is 5.25. The smallest absolute Gasteiger partial charge is 0.247 e. The topological polar surface area (TPSA) is 84.7 Å². The molecule has 0 unspecified atom stereocenters. The molecular formula is C14H20N6O. The standard InChI is InChI=1S/C14H20N6O/c1-11(2)10-16-13(21)8-9-15-14-17-18-19-20(14)12-6-4-3-5-7-12/h3-7,11H,8-10H2,1-2H3,(H,16,21)(H,15,17,19). The van der Waals surface area contributed by atoms with Gasteiger partial charge < -0.3 is 10.6 Å². The fourth-order valence-corrected chi connectivity index (χ4v) is 1.73. The number of hydrogen-bond acceptors (Lipinski definition) is 5. The Morgan fingerprint density at radius 3 is 2.76 bits per heavy atom. The van der Waals surface area contributed by atoms with Crippen LogP contribution in [0.1, 0.15) is 20.3 Å². The maximum atomic E-state index is 11.6. The van der Waals surface area contributed by atoms with Crippen LogP contribution in [0.4, 0.5) is 5.95 Å². The average Bonchev–Trinajstić information content (AvgIpc) is 2.94. The van der Waals surface area contributed by atoms with E-state index in [1.165, 1.54) is 0 Å². The predicted molar refractivity (Wildman–Crippen MR) is 80.1 cm³/mol. The lowest BCUT2D eigenvalue weighted by atomic mass is 10.2. The molecule has 1 amide bonds. The lowest BCUT2D eigenvalue weighted by molar-refractivity contribution is -0.120. The van der Waals surface area contributed by atoms with Crippen LogP contribution in [0.2, 0.25) is 0 Å². The van der Waals surface area contributed by atoms with Gasteiger partial charge in [-0.3, -0.25) is 4.79 Å². The minimum absolute atomic E-state index is 0.0231. The zero-order chi connectivity index (χ0) is 15.1. The highest BCUT2D eigenvalue weighted by Gasteiger charge is 2.08. The fraction of sp³-hybridized carbons (Fsp3) is 0.429. The van der Waals surface area contributed by atoms with Gasteiger partial charge in [-0.1, -0.05) is 37.1 Å². The summed E-state index contributed by atoms with van der Waals surface area (Å²) in [7, 11) is 0. The first kappa shape index (κ1) is 15.0. The largest absolute Gasteiger partial charge is 0.356 e. The van der Waals surface area contributed by atoms with E-state index in [-0.39, 0.29) is 5.91 Å². The molecule has 7 heteroatoms. The third-order valence-electron chi connectivity index (χ3n) is 2.81. The van der Waals surface area contributed by atoms with Crippen LogP contribution in [0, 0.1) is 5.92 Å². The van der Waals surface area contributed by atoms with E-state index < -0.39 is 0 Å². The van der Waals surface area contributed by atoms with Crippen LogP contribution >= 0.6 is 0 Å². The highest BCUT2D eigenvalue weighted by molar-refractivity contribution is 5.76. The Morgan fingerprint density at radius 2 is 2.05 bits per heavy atom. The number of carbonyl (C=O) groups excluding carboxylic acids is 1. The summed E-state index contributed by atoms with van der Waals surface area (Å²) in [6.07, 6.45) is 0.383. The van der Waals surface area contributed by atoms with Crippen molar-refractivity contribution >= 4 is 11.9 Å². The maximum Gasteiger partial charge on any atom is 0.247 e. The van der Waals surface area contributed by atoms with Gasteiger partial charge >= 0.3 is 0 Å². The first-order chi connectivity index (χ1) is 10.2. The number of carbonyl (C=O) groups is 1. The van der Waals surface area contributed by atoms with E-state index in [1.807, 2.05) is 30.3 Å². The van der Waals surface area contributed by atoms with E-state index in [9.17, 15) is 4.79 Å². The van der Waals surface area contributed by atoms with Crippen molar-refractivity contribution in [1.29, 1.82) is 0 Å². The quantitative estimate of drug-likeness (QED) is 0.800. The molecule has 0 radical (unpaired) electrons. The number of benzene rings is 1. The Bertz CT molecular complexity index is 566. The van der Waals surface area contributed by atoms with E-state index in [4.69, 9.17) is 0 Å². The average molecular weight is 288 g/mol. The molecule has 0 aliphatic rings. The van der Waals surface area contributed by atoms with Gasteiger partial charge in [-0.25, -0.2) is 0 Å². The summed E-state index contributed by atoms with van der Waals surface area (Å²) in [6, 6.07) is 9.59. The van der Waals surface area contributed by atoms with Gasteiger partial charge in [-0.2, -0.15) is 4.68 Å². The number of rotatable bonds is 7.